The number of ether oxygens (including phenoxy) is 2. The molecule has 0 fully saturated rings. The van der Waals surface area contributed by atoms with E-state index in [1.807, 2.05) is 26.0 Å². The van der Waals surface area contributed by atoms with E-state index in [0.29, 0.717) is 29.3 Å². The summed E-state index contributed by atoms with van der Waals surface area (Å²) in [4.78, 5) is 12.8. The zero-order valence-electron chi connectivity index (χ0n) is 15.3. The average molecular weight is 339 g/mol. The van der Waals surface area contributed by atoms with Crippen molar-refractivity contribution in [1.82, 2.24) is 15.0 Å². The second-order valence-electron chi connectivity index (χ2n) is 6.85. The van der Waals surface area contributed by atoms with Crippen LogP contribution in [-0.2, 0) is 0 Å². The fourth-order valence-corrected chi connectivity index (χ4v) is 3.04. The summed E-state index contributed by atoms with van der Waals surface area (Å²) >= 11 is 0. The Morgan fingerprint density at radius 3 is 2.32 bits per heavy atom. The number of aromatic nitrogens is 3. The van der Waals surface area contributed by atoms with E-state index in [9.17, 15) is 0 Å². The van der Waals surface area contributed by atoms with Crippen molar-refractivity contribution >= 4 is 0 Å². The molecule has 1 aliphatic rings. The van der Waals surface area contributed by atoms with Crippen LogP contribution in [0.5, 0.6) is 17.5 Å². The second kappa shape index (κ2) is 7.64. The van der Waals surface area contributed by atoms with E-state index in [0.717, 1.165) is 24.1 Å². The first-order chi connectivity index (χ1) is 12.0. The molecule has 2 atom stereocenters. The summed E-state index contributed by atoms with van der Waals surface area (Å²) in [6, 6.07) is 3.72. The first kappa shape index (κ1) is 17.4. The molecule has 5 heteroatoms. The zero-order chi connectivity index (χ0) is 17.8. The van der Waals surface area contributed by atoms with Gasteiger partial charge < -0.3 is 9.47 Å². The summed E-state index contributed by atoms with van der Waals surface area (Å²) in [7, 11) is 0. The minimum Gasteiger partial charge on any atom is -0.474 e. The van der Waals surface area contributed by atoms with Gasteiger partial charge in [0.25, 0.3) is 0 Å². The van der Waals surface area contributed by atoms with Crippen molar-refractivity contribution in [3.63, 3.8) is 0 Å². The van der Waals surface area contributed by atoms with E-state index in [-0.39, 0.29) is 6.10 Å². The first-order valence-corrected chi connectivity index (χ1v) is 8.79. The van der Waals surface area contributed by atoms with Crippen molar-refractivity contribution in [2.75, 3.05) is 0 Å². The molecular formula is C20H25N3O2. The lowest BCUT2D eigenvalue weighted by Crippen LogP contribution is -2.21. The van der Waals surface area contributed by atoms with Gasteiger partial charge in [0.15, 0.2) is 5.75 Å². The van der Waals surface area contributed by atoms with Gasteiger partial charge in [-0.25, -0.2) is 9.97 Å². The van der Waals surface area contributed by atoms with Crippen LogP contribution in [0.4, 0.5) is 0 Å². The highest BCUT2D eigenvalue weighted by Crippen LogP contribution is 2.31. The summed E-state index contributed by atoms with van der Waals surface area (Å²) in [6.45, 7) is 8.28. The molecule has 1 aliphatic carbocycles. The summed E-state index contributed by atoms with van der Waals surface area (Å²) < 4.78 is 12.2. The molecule has 2 aromatic rings. The van der Waals surface area contributed by atoms with Crippen LogP contribution in [0.15, 0.2) is 36.8 Å². The van der Waals surface area contributed by atoms with Gasteiger partial charge in [0.2, 0.25) is 11.8 Å². The lowest BCUT2D eigenvalue weighted by Gasteiger charge is -2.21. The molecular weight excluding hydrogens is 314 g/mol. The Kier molecular flexibility index (Phi) is 5.31. The van der Waals surface area contributed by atoms with Crippen LogP contribution in [0, 0.1) is 25.7 Å². The Labute approximate surface area is 149 Å². The van der Waals surface area contributed by atoms with Crippen molar-refractivity contribution in [3.05, 3.63) is 48.1 Å². The Bertz CT molecular complexity index is 746. The quantitative estimate of drug-likeness (QED) is 0.759. The molecule has 0 amide bonds. The Morgan fingerprint density at radius 1 is 0.960 bits per heavy atom. The molecule has 0 radical (unpaired) electrons. The lowest BCUT2D eigenvalue weighted by molar-refractivity contribution is 0.154. The number of allylic oxidation sites excluding steroid dienone is 2. The normalized spacial score (nSPS) is 21.0. The maximum atomic E-state index is 6.23. The van der Waals surface area contributed by atoms with Gasteiger partial charge in [0.1, 0.15) is 12.4 Å². The highest BCUT2D eigenvalue weighted by atomic mass is 16.5. The smallest absolute Gasteiger partial charge is 0.229 e. The molecule has 2 heterocycles. The summed E-state index contributed by atoms with van der Waals surface area (Å²) in [5, 5.41) is 0. The largest absolute Gasteiger partial charge is 0.474 e. The van der Waals surface area contributed by atoms with Crippen LogP contribution >= 0.6 is 0 Å². The minimum atomic E-state index is 0.140. The number of nitrogens with zero attached hydrogens (tertiary/aromatic N) is 3. The van der Waals surface area contributed by atoms with Crippen molar-refractivity contribution in [2.24, 2.45) is 11.8 Å². The number of rotatable bonds is 4. The van der Waals surface area contributed by atoms with E-state index in [1.54, 1.807) is 6.20 Å². The molecule has 0 aromatic carbocycles. The first-order valence-electron chi connectivity index (χ1n) is 8.79. The van der Waals surface area contributed by atoms with E-state index < -0.39 is 0 Å². The number of aryl methyl sites for hydroxylation is 1. The molecule has 3 rings (SSSR count). The van der Waals surface area contributed by atoms with E-state index in [2.05, 4.69) is 41.0 Å². The Balaban J connectivity index is 1.78. The van der Waals surface area contributed by atoms with E-state index in [4.69, 9.17) is 9.47 Å². The van der Waals surface area contributed by atoms with Gasteiger partial charge >= 0.3 is 0 Å². The van der Waals surface area contributed by atoms with Gasteiger partial charge in [-0.15, -0.1) is 0 Å². The number of hydrogen-bond acceptors (Lipinski definition) is 5. The monoisotopic (exact) mass is 339 g/mol. The van der Waals surface area contributed by atoms with Crippen LogP contribution in [0.3, 0.4) is 0 Å². The summed E-state index contributed by atoms with van der Waals surface area (Å²) in [6.07, 6.45) is 9.91. The topological polar surface area (TPSA) is 57.1 Å². The molecule has 0 aliphatic heterocycles. The van der Waals surface area contributed by atoms with Gasteiger partial charge in [0, 0.05) is 6.20 Å². The molecule has 0 unspecified atom stereocenters. The van der Waals surface area contributed by atoms with Crippen molar-refractivity contribution < 1.29 is 9.47 Å². The fourth-order valence-electron chi connectivity index (χ4n) is 3.04. The minimum absolute atomic E-state index is 0.140. The van der Waals surface area contributed by atoms with Crippen molar-refractivity contribution in [1.29, 1.82) is 0 Å². The van der Waals surface area contributed by atoms with Crippen LogP contribution in [0.1, 0.15) is 37.9 Å². The number of hydrogen-bond donors (Lipinski definition) is 0. The highest BCUT2D eigenvalue weighted by molar-refractivity contribution is 5.37. The molecule has 0 saturated carbocycles. The van der Waals surface area contributed by atoms with Gasteiger partial charge in [-0.3, -0.25) is 4.98 Å². The molecule has 0 bridgehead atoms. The average Bonchev–Trinajstić information content (AvgIpc) is 2.74. The van der Waals surface area contributed by atoms with Crippen LogP contribution in [0.2, 0.25) is 0 Å². The van der Waals surface area contributed by atoms with E-state index in [1.165, 1.54) is 6.33 Å². The van der Waals surface area contributed by atoms with Crippen LogP contribution < -0.4 is 9.47 Å². The van der Waals surface area contributed by atoms with Gasteiger partial charge in [-0.05, 0) is 50.7 Å². The molecule has 132 valence electrons. The van der Waals surface area contributed by atoms with E-state index >= 15 is 0 Å². The van der Waals surface area contributed by atoms with Gasteiger partial charge in [-0.2, -0.15) is 0 Å². The number of pyridine rings is 1. The Hall–Kier alpha value is -2.43. The third-order valence-corrected chi connectivity index (χ3v) is 4.47. The second-order valence-corrected chi connectivity index (χ2v) is 6.85. The highest BCUT2D eigenvalue weighted by Gasteiger charge is 2.22. The predicted octanol–water partition coefficient (Wildman–Crippen LogP) is 4.65. The fraction of sp³-hybridized carbons (Fsp3) is 0.450. The third kappa shape index (κ3) is 4.35. The molecule has 0 saturated heterocycles. The molecule has 2 aromatic heterocycles. The maximum absolute atomic E-state index is 6.23. The van der Waals surface area contributed by atoms with Gasteiger partial charge in [-0.1, -0.05) is 26.0 Å². The predicted molar refractivity (Wildman–Crippen MR) is 96.9 cm³/mol. The van der Waals surface area contributed by atoms with Gasteiger partial charge in [0.05, 0.1) is 11.3 Å². The molecule has 0 spiro atoms. The standard InChI is InChI=1S/C20H25N3O2/c1-13-7-8-14(2)11-17(10-13)24-19-15(3)20(23-12-22-19)25-18-6-5-9-21-16(18)4/h5-9,12-14,17H,10-11H2,1-4H3/t13-,14-/m0/s1. The summed E-state index contributed by atoms with van der Waals surface area (Å²) in [5.74, 6) is 2.81. The van der Waals surface area contributed by atoms with Crippen molar-refractivity contribution in [2.45, 2.75) is 46.6 Å². The third-order valence-electron chi connectivity index (χ3n) is 4.47. The van der Waals surface area contributed by atoms with Crippen LogP contribution in [-0.4, -0.2) is 21.1 Å². The molecule has 0 N–H and O–H groups in total. The molecule has 5 nitrogen and oxygen atoms in total. The van der Waals surface area contributed by atoms with Crippen LogP contribution in [0.25, 0.3) is 0 Å². The SMILES string of the molecule is Cc1ncccc1Oc1ncnc(OC2C[C@@H](C)C=C[C@H](C)C2)c1C. The lowest BCUT2D eigenvalue weighted by atomic mass is 10.0. The summed E-state index contributed by atoms with van der Waals surface area (Å²) in [5.41, 5.74) is 1.63. The molecule has 25 heavy (non-hydrogen) atoms. The zero-order valence-corrected chi connectivity index (χ0v) is 15.3. The van der Waals surface area contributed by atoms with Crippen molar-refractivity contribution in [3.8, 4) is 17.5 Å². The Morgan fingerprint density at radius 2 is 1.64 bits per heavy atom. The maximum Gasteiger partial charge on any atom is 0.229 e.